The third-order valence-corrected chi connectivity index (χ3v) is 6.01. The van der Waals surface area contributed by atoms with Crippen molar-refractivity contribution in [3.8, 4) is 0 Å². The lowest BCUT2D eigenvalue weighted by Gasteiger charge is -2.18. The van der Waals surface area contributed by atoms with Crippen molar-refractivity contribution in [2.24, 2.45) is 0 Å². The summed E-state index contributed by atoms with van der Waals surface area (Å²) in [5.74, 6) is -0.513. The molecule has 1 atom stereocenters. The molecule has 164 valence electrons. The molecule has 1 aliphatic rings. The summed E-state index contributed by atoms with van der Waals surface area (Å²) in [6, 6.07) is 18.1. The Morgan fingerprint density at radius 3 is 2.41 bits per heavy atom. The van der Waals surface area contributed by atoms with Gasteiger partial charge < -0.3 is 14.8 Å². The Labute approximate surface area is 187 Å². The van der Waals surface area contributed by atoms with Crippen molar-refractivity contribution in [2.45, 2.75) is 32.7 Å². The molecular weight excluding hydrogens is 402 g/mol. The van der Waals surface area contributed by atoms with Gasteiger partial charge >= 0.3 is 0 Å². The van der Waals surface area contributed by atoms with Gasteiger partial charge in [-0.2, -0.15) is 0 Å². The number of nitrogens with zero attached hydrogens (tertiary/aromatic N) is 2. The lowest BCUT2D eigenvalue weighted by atomic mass is 10.1. The highest BCUT2D eigenvalue weighted by molar-refractivity contribution is 6.05. The maximum atomic E-state index is 13.2. The fourth-order valence-corrected chi connectivity index (χ4v) is 4.14. The van der Waals surface area contributed by atoms with Crippen LogP contribution in [-0.2, 0) is 0 Å². The van der Waals surface area contributed by atoms with Gasteiger partial charge in [0.25, 0.3) is 17.4 Å². The van der Waals surface area contributed by atoms with Crippen LogP contribution in [0, 0.1) is 6.92 Å². The third-order valence-electron chi connectivity index (χ3n) is 6.01. The number of aromatic nitrogens is 1. The average Bonchev–Trinajstić information content (AvgIpc) is 3.34. The van der Waals surface area contributed by atoms with E-state index in [0.29, 0.717) is 16.8 Å². The molecule has 0 bridgehead atoms. The standard InChI is InChI=1S/C26H27N3O3/c1-18-13-16-29(19(2)20-9-4-3-5-10-20)26(32)23(18)24(30)27-22-12-8-11-21(17-22)25(31)28-14-6-7-15-28/h3-5,8-13,16-17,19H,6-7,14-15H2,1-2H3,(H,27,30). The number of rotatable bonds is 5. The zero-order valence-corrected chi connectivity index (χ0v) is 18.4. The Morgan fingerprint density at radius 2 is 1.69 bits per heavy atom. The largest absolute Gasteiger partial charge is 0.339 e. The Kier molecular flexibility index (Phi) is 6.21. The van der Waals surface area contributed by atoms with E-state index in [4.69, 9.17) is 0 Å². The van der Waals surface area contributed by atoms with Gasteiger partial charge in [0.05, 0.1) is 6.04 Å². The molecule has 2 aromatic carbocycles. The summed E-state index contributed by atoms with van der Waals surface area (Å²) < 4.78 is 1.57. The molecule has 1 N–H and O–H groups in total. The highest BCUT2D eigenvalue weighted by atomic mass is 16.2. The fourth-order valence-electron chi connectivity index (χ4n) is 4.14. The zero-order chi connectivity index (χ0) is 22.7. The second kappa shape index (κ2) is 9.22. The van der Waals surface area contributed by atoms with Gasteiger partial charge in [0.15, 0.2) is 0 Å². The molecule has 6 nitrogen and oxygen atoms in total. The van der Waals surface area contributed by atoms with Crippen molar-refractivity contribution < 1.29 is 9.59 Å². The number of benzene rings is 2. The first kappa shape index (κ1) is 21.6. The van der Waals surface area contributed by atoms with Crippen LogP contribution in [0.5, 0.6) is 0 Å². The molecule has 6 heteroatoms. The van der Waals surface area contributed by atoms with Gasteiger partial charge in [-0.05, 0) is 62.1 Å². The fraction of sp³-hybridized carbons (Fsp3) is 0.269. The molecule has 2 amide bonds. The van der Waals surface area contributed by atoms with Crippen LogP contribution in [0.15, 0.2) is 71.7 Å². The first-order chi connectivity index (χ1) is 15.5. The summed E-state index contributed by atoms with van der Waals surface area (Å²) in [4.78, 5) is 40.8. The van der Waals surface area contributed by atoms with Crippen LogP contribution in [-0.4, -0.2) is 34.4 Å². The Morgan fingerprint density at radius 1 is 0.969 bits per heavy atom. The van der Waals surface area contributed by atoms with Gasteiger partial charge in [-0.25, -0.2) is 0 Å². The van der Waals surface area contributed by atoms with Crippen LogP contribution in [0.25, 0.3) is 0 Å². The van der Waals surface area contributed by atoms with E-state index in [2.05, 4.69) is 5.32 Å². The predicted octanol–water partition coefficient (Wildman–Crippen LogP) is 4.25. The number of carbonyl (C=O) groups excluding carboxylic acids is 2. The highest BCUT2D eigenvalue weighted by Gasteiger charge is 2.21. The average molecular weight is 430 g/mol. The van der Waals surface area contributed by atoms with E-state index in [1.54, 1.807) is 48.0 Å². The molecule has 3 aromatic rings. The van der Waals surface area contributed by atoms with E-state index in [9.17, 15) is 14.4 Å². The molecule has 0 aliphatic carbocycles. The molecule has 1 fully saturated rings. The van der Waals surface area contributed by atoms with Gasteiger partial charge in [-0.15, -0.1) is 0 Å². The minimum atomic E-state index is -0.479. The molecule has 32 heavy (non-hydrogen) atoms. The summed E-state index contributed by atoms with van der Waals surface area (Å²) in [6.45, 7) is 5.21. The molecule has 0 spiro atoms. The van der Waals surface area contributed by atoms with E-state index < -0.39 is 5.91 Å². The predicted molar refractivity (Wildman–Crippen MR) is 125 cm³/mol. The summed E-state index contributed by atoms with van der Waals surface area (Å²) in [7, 11) is 0. The van der Waals surface area contributed by atoms with Crippen LogP contribution in [0.4, 0.5) is 5.69 Å². The van der Waals surface area contributed by atoms with E-state index in [0.717, 1.165) is 31.5 Å². The number of amides is 2. The number of aryl methyl sites for hydroxylation is 1. The van der Waals surface area contributed by atoms with Crippen LogP contribution < -0.4 is 10.9 Å². The Bertz CT molecular complexity index is 1190. The molecular formula is C26H27N3O3. The Balaban J connectivity index is 1.59. The number of hydrogen-bond donors (Lipinski definition) is 1. The maximum absolute atomic E-state index is 13.2. The molecule has 1 unspecified atom stereocenters. The maximum Gasteiger partial charge on any atom is 0.264 e. The summed E-state index contributed by atoms with van der Waals surface area (Å²) in [5, 5.41) is 2.81. The van der Waals surface area contributed by atoms with Gasteiger partial charge in [0.1, 0.15) is 5.56 Å². The minimum absolute atomic E-state index is 0.0338. The summed E-state index contributed by atoms with van der Waals surface area (Å²) >= 11 is 0. The number of pyridine rings is 1. The first-order valence-electron chi connectivity index (χ1n) is 10.9. The molecule has 2 heterocycles. The number of nitrogens with one attached hydrogen (secondary N) is 1. The van der Waals surface area contributed by atoms with Gasteiger partial charge in [-0.3, -0.25) is 14.4 Å². The third kappa shape index (κ3) is 4.35. The SMILES string of the molecule is Cc1ccn(C(C)c2ccccc2)c(=O)c1C(=O)Nc1cccc(C(=O)N2CCCC2)c1. The van der Waals surface area contributed by atoms with Crippen LogP contribution >= 0.6 is 0 Å². The Hall–Kier alpha value is -3.67. The van der Waals surface area contributed by atoms with Gasteiger partial charge in [-0.1, -0.05) is 36.4 Å². The van der Waals surface area contributed by atoms with E-state index in [1.807, 2.05) is 42.2 Å². The molecule has 1 aliphatic heterocycles. The molecule has 0 radical (unpaired) electrons. The van der Waals surface area contributed by atoms with E-state index >= 15 is 0 Å². The molecule has 4 rings (SSSR count). The van der Waals surface area contributed by atoms with Crippen molar-refractivity contribution in [1.82, 2.24) is 9.47 Å². The minimum Gasteiger partial charge on any atom is -0.339 e. The number of anilines is 1. The summed E-state index contributed by atoms with van der Waals surface area (Å²) in [6.07, 6.45) is 3.76. The van der Waals surface area contributed by atoms with Crippen LogP contribution in [0.1, 0.15) is 57.7 Å². The van der Waals surface area contributed by atoms with E-state index in [1.165, 1.54) is 0 Å². The second-order valence-electron chi connectivity index (χ2n) is 8.21. The van der Waals surface area contributed by atoms with Gasteiger partial charge in [0, 0.05) is 30.5 Å². The molecule has 0 saturated carbocycles. The summed E-state index contributed by atoms with van der Waals surface area (Å²) in [5.41, 5.74) is 2.37. The van der Waals surface area contributed by atoms with Crippen LogP contribution in [0.2, 0.25) is 0 Å². The lowest BCUT2D eigenvalue weighted by molar-refractivity contribution is 0.0792. The van der Waals surface area contributed by atoms with Crippen molar-refractivity contribution in [3.63, 3.8) is 0 Å². The van der Waals surface area contributed by atoms with Crippen molar-refractivity contribution >= 4 is 17.5 Å². The highest BCUT2D eigenvalue weighted by Crippen LogP contribution is 2.19. The quantitative estimate of drug-likeness (QED) is 0.659. The normalized spacial score (nSPS) is 14.2. The van der Waals surface area contributed by atoms with E-state index in [-0.39, 0.29) is 23.1 Å². The molecule has 1 saturated heterocycles. The van der Waals surface area contributed by atoms with Crippen molar-refractivity contribution in [1.29, 1.82) is 0 Å². The zero-order valence-electron chi connectivity index (χ0n) is 18.4. The number of carbonyl (C=O) groups is 2. The lowest BCUT2D eigenvalue weighted by Crippen LogP contribution is -2.32. The second-order valence-corrected chi connectivity index (χ2v) is 8.21. The van der Waals surface area contributed by atoms with Gasteiger partial charge in [0.2, 0.25) is 0 Å². The van der Waals surface area contributed by atoms with Crippen molar-refractivity contribution in [3.05, 3.63) is 99.5 Å². The topological polar surface area (TPSA) is 71.4 Å². The number of likely N-dealkylation sites (tertiary alicyclic amines) is 1. The van der Waals surface area contributed by atoms with Crippen LogP contribution in [0.3, 0.4) is 0 Å². The monoisotopic (exact) mass is 429 g/mol. The number of hydrogen-bond acceptors (Lipinski definition) is 3. The van der Waals surface area contributed by atoms with Crippen molar-refractivity contribution in [2.75, 3.05) is 18.4 Å². The molecule has 1 aromatic heterocycles. The smallest absolute Gasteiger partial charge is 0.264 e. The first-order valence-corrected chi connectivity index (χ1v) is 10.9.